The van der Waals surface area contributed by atoms with Crippen molar-refractivity contribution >= 4 is 46.2 Å². The monoisotopic (exact) mass is 512 g/mol. The summed E-state index contributed by atoms with van der Waals surface area (Å²) in [4.78, 5) is 25.9. The minimum atomic E-state index is -0.522. The van der Waals surface area contributed by atoms with E-state index in [1.165, 1.54) is 6.07 Å². The van der Waals surface area contributed by atoms with Gasteiger partial charge in [-0.05, 0) is 79.5 Å². The SMILES string of the molecule is CC1CCN(c2ccc(C(=O)NC(=S)NCc3ccc(-c4ccc(Cl)cc4)o3)cc2[N+](=O)[O-])CC1. The predicted octanol–water partition coefficient (Wildman–Crippen LogP) is 5.55. The zero-order chi connectivity index (χ0) is 24.9. The summed E-state index contributed by atoms with van der Waals surface area (Å²) in [6, 6.07) is 15.5. The minimum absolute atomic E-state index is 0.0867. The maximum absolute atomic E-state index is 12.7. The van der Waals surface area contributed by atoms with Gasteiger partial charge in [-0.15, -0.1) is 0 Å². The van der Waals surface area contributed by atoms with Crippen molar-refractivity contribution in [3.8, 4) is 11.3 Å². The zero-order valence-corrected chi connectivity index (χ0v) is 20.7. The Hall–Kier alpha value is -3.43. The van der Waals surface area contributed by atoms with E-state index >= 15 is 0 Å². The lowest BCUT2D eigenvalue weighted by atomic mass is 9.98. The number of halogens is 1. The summed E-state index contributed by atoms with van der Waals surface area (Å²) in [6.45, 7) is 3.96. The van der Waals surface area contributed by atoms with Crippen LogP contribution in [0.25, 0.3) is 11.3 Å². The third kappa shape index (κ3) is 6.17. The molecule has 1 aliphatic heterocycles. The Morgan fingerprint density at radius 2 is 1.89 bits per heavy atom. The number of nitrogens with zero attached hydrogens (tertiary/aromatic N) is 2. The maximum Gasteiger partial charge on any atom is 0.293 e. The van der Waals surface area contributed by atoms with E-state index in [1.54, 1.807) is 24.3 Å². The fraction of sp³-hybridized carbons (Fsp3) is 0.280. The van der Waals surface area contributed by atoms with Crippen LogP contribution in [0.2, 0.25) is 5.02 Å². The van der Waals surface area contributed by atoms with Crippen molar-refractivity contribution in [3.05, 3.63) is 81.1 Å². The molecule has 1 aromatic heterocycles. The molecular formula is C25H25ClN4O4S. The van der Waals surface area contributed by atoms with Gasteiger partial charge in [-0.3, -0.25) is 20.2 Å². The van der Waals surface area contributed by atoms with Gasteiger partial charge in [0.05, 0.1) is 11.5 Å². The van der Waals surface area contributed by atoms with Crippen molar-refractivity contribution in [2.45, 2.75) is 26.3 Å². The van der Waals surface area contributed by atoms with E-state index in [1.807, 2.05) is 29.2 Å². The van der Waals surface area contributed by atoms with E-state index < -0.39 is 10.8 Å². The molecule has 1 saturated heterocycles. The van der Waals surface area contributed by atoms with Crippen molar-refractivity contribution in [3.63, 3.8) is 0 Å². The van der Waals surface area contributed by atoms with Crippen molar-refractivity contribution in [1.29, 1.82) is 0 Å². The summed E-state index contributed by atoms with van der Waals surface area (Å²) in [7, 11) is 0. The highest BCUT2D eigenvalue weighted by molar-refractivity contribution is 7.80. The van der Waals surface area contributed by atoms with Crippen molar-refractivity contribution in [1.82, 2.24) is 10.6 Å². The number of rotatable bonds is 6. The Kier molecular flexibility index (Phi) is 7.67. The van der Waals surface area contributed by atoms with E-state index in [9.17, 15) is 14.9 Å². The van der Waals surface area contributed by atoms with Crippen LogP contribution in [0.1, 0.15) is 35.9 Å². The first-order valence-electron chi connectivity index (χ1n) is 11.3. The molecule has 4 rings (SSSR count). The number of carbonyl (C=O) groups is 1. The summed E-state index contributed by atoms with van der Waals surface area (Å²) in [5.41, 5.74) is 1.50. The molecule has 35 heavy (non-hydrogen) atoms. The van der Waals surface area contributed by atoms with Crippen molar-refractivity contribution in [2.24, 2.45) is 5.92 Å². The Morgan fingerprint density at radius 1 is 1.17 bits per heavy atom. The number of hydrogen-bond donors (Lipinski definition) is 2. The molecule has 0 bridgehead atoms. The number of benzene rings is 2. The molecule has 2 heterocycles. The minimum Gasteiger partial charge on any atom is -0.459 e. The molecule has 3 aromatic rings. The first-order chi connectivity index (χ1) is 16.8. The summed E-state index contributed by atoms with van der Waals surface area (Å²) >= 11 is 11.1. The van der Waals surface area contributed by atoms with Crippen molar-refractivity contribution in [2.75, 3.05) is 18.0 Å². The van der Waals surface area contributed by atoms with Crippen LogP contribution in [0.5, 0.6) is 0 Å². The second kappa shape index (κ2) is 10.9. The summed E-state index contributed by atoms with van der Waals surface area (Å²) in [5.74, 6) is 1.39. The zero-order valence-electron chi connectivity index (χ0n) is 19.1. The number of hydrogen-bond acceptors (Lipinski definition) is 6. The quantitative estimate of drug-likeness (QED) is 0.254. The maximum atomic E-state index is 12.7. The van der Waals surface area contributed by atoms with Gasteiger partial charge in [0.25, 0.3) is 11.6 Å². The summed E-state index contributed by atoms with van der Waals surface area (Å²) in [5, 5.41) is 17.9. The van der Waals surface area contributed by atoms with Gasteiger partial charge < -0.3 is 14.6 Å². The average molecular weight is 513 g/mol. The number of furan rings is 1. The molecule has 0 atom stereocenters. The van der Waals surface area contributed by atoms with Crippen LogP contribution in [0.4, 0.5) is 11.4 Å². The van der Waals surface area contributed by atoms with Gasteiger partial charge in [0.1, 0.15) is 17.2 Å². The van der Waals surface area contributed by atoms with Crippen LogP contribution in [-0.4, -0.2) is 29.0 Å². The first-order valence-corrected chi connectivity index (χ1v) is 12.1. The van der Waals surface area contributed by atoms with E-state index in [0.717, 1.165) is 31.5 Å². The summed E-state index contributed by atoms with van der Waals surface area (Å²) in [6.07, 6.45) is 1.96. The number of anilines is 1. The molecule has 2 aromatic carbocycles. The average Bonchev–Trinajstić information content (AvgIpc) is 3.32. The van der Waals surface area contributed by atoms with E-state index in [4.69, 9.17) is 28.2 Å². The van der Waals surface area contributed by atoms with Crippen molar-refractivity contribution < 1.29 is 14.1 Å². The molecule has 1 fully saturated rings. The second-order valence-electron chi connectivity index (χ2n) is 8.54. The molecular weight excluding hydrogens is 488 g/mol. The fourth-order valence-electron chi connectivity index (χ4n) is 3.96. The number of piperidine rings is 1. The number of amides is 1. The number of nitro groups is 1. The molecule has 8 nitrogen and oxygen atoms in total. The van der Waals surface area contributed by atoms with Gasteiger partial charge in [-0.2, -0.15) is 0 Å². The molecule has 0 saturated carbocycles. The molecule has 182 valence electrons. The van der Waals surface area contributed by atoms with Gasteiger partial charge in [-0.25, -0.2) is 0 Å². The molecule has 0 unspecified atom stereocenters. The standard InChI is InChI=1S/C25H25ClN4O4S/c1-16-10-12-29(13-11-16)21-8-4-18(14-22(21)30(32)33)24(31)28-25(35)27-15-20-7-9-23(34-20)17-2-5-19(26)6-3-17/h2-9,14,16H,10-13,15H2,1H3,(H2,27,28,31,35). The van der Waals surface area contributed by atoms with Crippen LogP contribution in [0.3, 0.4) is 0 Å². The van der Waals surface area contributed by atoms with Crippen LogP contribution in [0.15, 0.2) is 59.0 Å². The van der Waals surface area contributed by atoms with Crippen LogP contribution in [0, 0.1) is 16.0 Å². The highest BCUT2D eigenvalue weighted by Crippen LogP contribution is 2.32. The van der Waals surface area contributed by atoms with Crippen LogP contribution >= 0.6 is 23.8 Å². The van der Waals surface area contributed by atoms with Gasteiger partial charge in [0, 0.05) is 35.3 Å². The normalized spacial score (nSPS) is 13.9. The van der Waals surface area contributed by atoms with E-state index in [0.29, 0.717) is 28.1 Å². The molecule has 0 aliphatic carbocycles. The van der Waals surface area contributed by atoms with E-state index in [2.05, 4.69) is 17.6 Å². The number of thiocarbonyl (C=S) groups is 1. The van der Waals surface area contributed by atoms with Gasteiger partial charge in [-0.1, -0.05) is 18.5 Å². The van der Waals surface area contributed by atoms with E-state index in [-0.39, 0.29) is 22.9 Å². The van der Waals surface area contributed by atoms with Gasteiger partial charge in [0.15, 0.2) is 5.11 Å². The lowest BCUT2D eigenvalue weighted by Gasteiger charge is -2.31. The third-order valence-electron chi connectivity index (χ3n) is 6.00. The number of nitro benzene ring substituents is 1. The summed E-state index contributed by atoms with van der Waals surface area (Å²) < 4.78 is 5.81. The number of nitrogens with one attached hydrogen (secondary N) is 2. The lowest BCUT2D eigenvalue weighted by Crippen LogP contribution is -2.38. The molecule has 2 N–H and O–H groups in total. The lowest BCUT2D eigenvalue weighted by molar-refractivity contribution is -0.384. The largest absolute Gasteiger partial charge is 0.459 e. The molecule has 10 heteroatoms. The van der Waals surface area contributed by atoms with Gasteiger partial charge >= 0.3 is 0 Å². The number of carbonyl (C=O) groups excluding carboxylic acids is 1. The Morgan fingerprint density at radius 3 is 2.57 bits per heavy atom. The molecule has 0 radical (unpaired) electrons. The molecule has 1 aliphatic rings. The Labute approximate surface area is 213 Å². The molecule has 0 spiro atoms. The predicted molar refractivity (Wildman–Crippen MR) is 140 cm³/mol. The Balaban J connectivity index is 1.36. The smallest absolute Gasteiger partial charge is 0.293 e. The molecule has 1 amide bonds. The first kappa shape index (κ1) is 24.7. The van der Waals surface area contributed by atoms with Crippen LogP contribution < -0.4 is 15.5 Å². The highest BCUT2D eigenvalue weighted by Gasteiger charge is 2.25. The van der Waals surface area contributed by atoms with Gasteiger partial charge in [0.2, 0.25) is 0 Å². The topological polar surface area (TPSA) is 101 Å². The second-order valence-corrected chi connectivity index (χ2v) is 9.38. The fourth-order valence-corrected chi connectivity index (χ4v) is 4.25. The van der Waals surface area contributed by atoms with Crippen LogP contribution in [-0.2, 0) is 6.54 Å². The highest BCUT2D eigenvalue weighted by atomic mass is 35.5. The Bertz CT molecular complexity index is 1240. The third-order valence-corrected chi connectivity index (χ3v) is 6.50.